The van der Waals surface area contributed by atoms with Crippen molar-refractivity contribution in [1.29, 1.82) is 0 Å². The molecule has 0 unspecified atom stereocenters. The average molecular weight is 233 g/mol. The molecular weight excluding hydrogens is 214 g/mol. The summed E-state index contributed by atoms with van der Waals surface area (Å²) in [5, 5.41) is 10.3. The first kappa shape index (κ1) is 11.7. The van der Waals surface area contributed by atoms with Gasteiger partial charge in [0.25, 0.3) is 0 Å². The standard InChI is InChI=1S/C12H19N5/c1-8(2)14-12-15-9(3)6-17(12)7-11-5-13-16-10(11)4/h5-6,8H,7H2,1-4H3,(H,13,16)(H,14,15). The number of imidazole rings is 1. The monoisotopic (exact) mass is 233 g/mol. The number of aryl methyl sites for hydroxylation is 2. The third kappa shape index (κ3) is 2.67. The van der Waals surface area contributed by atoms with Crippen LogP contribution in [0.1, 0.15) is 30.8 Å². The molecule has 0 aliphatic rings. The summed E-state index contributed by atoms with van der Waals surface area (Å²) >= 11 is 0. The first-order valence-electron chi connectivity index (χ1n) is 5.85. The van der Waals surface area contributed by atoms with E-state index in [9.17, 15) is 0 Å². The Hall–Kier alpha value is -1.78. The van der Waals surface area contributed by atoms with E-state index in [1.54, 1.807) is 0 Å². The van der Waals surface area contributed by atoms with Gasteiger partial charge in [-0.3, -0.25) is 5.10 Å². The maximum atomic E-state index is 4.48. The summed E-state index contributed by atoms with van der Waals surface area (Å²) in [4.78, 5) is 4.48. The minimum atomic E-state index is 0.376. The molecule has 5 heteroatoms. The van der Waals surface area contributed by atoms with Crippen molar-refractivity contribution >= 4 is 5.95 Å². The lowest BCUT2D eigenvalue weighted by Gasteiger charge is -2.11. The van der Waals surface area contributed by atoms with Crippen molar-refractivity contribution in [3.05, 3.63) is 29.3 Å². The van der Waals surface area contributed by atoms with Gasteiger partial charge in [-0.25, -0.2) is 4.98 Å². The molecule has 0 atom stereocenters. The lowest BCUT2D eigenvalue weighted by Crippen LogP contribution is -2.15. The highest BCUT2D eigenvalue weighted by Crippen LogP contribution is 2.14. The van der Waals surface area contributed by atoms with Gasteiger partial charge in [0.2, 0.25) is 5.95 Å². The van der Waals surface area contributed by atoms with Crippen LogP contribution in [0.15, 0.2) is 12.4 Å². The molecule has 17 heavy (non-hydrogen) atoms. The van der Waals surface area contributed by atoms with Crippen LogP contribution in [0.3, 0.4) is 0 Å². The van der Waals surface area contributed by atoms with Crippen molar-refractivity contribution in [3.63, 3.8) is 0 Å². The summed E-state index contributed by atoms with van der Waals surface area (Å²) in [6.45, 7) is 9.04. The molecule has 2 N–H and O–H groups in total. The van der Waals surface area contributed by atoms with Crippen LogP contribution in [0.5, 0.6) is 0 Å². The van der Waals surface area contributed by atoms with Gasteiger partial charge in [-0.05, 0) is 27.7 Å². The fourth-order valence-electron chi connectivity index (χ4n) is 1.76. The fraction of sp³-hybridized carbons (Fsp3) is 0.500. The minimum absolute atomic E-state index is 0.376. The molecule has 0 fully saturated rings. The van der Waals surface area contributed by atoms with E-state index in [0.29, 0.717) is 6.04 Å². The van der Waals surface area contributed by atoms with E-state index >= 15 is 0 Å². The normalized spacial score (nSPS) is 11.1. The summed E-state index contributed by atoms with van der Waals surface area (Å²) in [5.74, 6) is 0.915. The van der Waals surface area contributed by atoms with Crippen molar-refractivity contribution in [2.75, 3.05) is 5.32 Å². The smallest absolute Gasteiger partial charge is 0.203 e. The topological polar surface area (TPSA) is 58.5 Å². The van der Waals surface area contributed by atoms with E-state index in [0.717, 1.165) is 23.9 Å². The maximum Gasteiger partial charge on any atom is 0.203 e. The molecule has 0 saturated heterocycles. The van der Waals surface area contributed by atoms with Gasteiger partial charge in [-0.1, -0.05) is 0 Å². The molecule has 2 aromatic heterocycles. The van der Waals surface area contributed by atoms with Crippen LogP contribution in [0.4, 0.5) is 5.95 Å². The van der Waals surface area contributed by atoms with E-state index in [-0.39, 0.29) is 0 Å². The molecular formula is C12H19N5. The van der Waals surface area contributed by atoms with Crippen LogP contribution >= 0.6 is 0 Å². The van der Waals surface area contributed by atoms with Gasteiger partial charge in [-0.15, -0.1) is 0 Å². The zero-order valence-electron chi connectivity index (χ0n) is 10.8. The Morgan fingerprint density at radius 3 is 2.76 bits per heavy atom. The van der Waals surface area contributed by atoms with Crippen LogP contribution in [0.25, 0.3) is 0 Å². The molecule has 0 spiro atoms. The number of hydrogen-bond acceptors (Lipinski definition) is 3. The molecule has 0 saturated carbocycles. The molecule has 2 heterocycles. The summed E-state index contributed by atoms with van der Waals surface area (Å²) < 4.78 is 2.12. The molecule has 2 rings (SSSR count). The number of nitrogens with one attached hydrogen (secondary N) is 2. The molecule has 0 aliphatic heterocycles. The van der Waals surface area contributed by atoms with E-state index in [1.165, 1.54) is 5.56 Å². The van der Waals surface area contributed by atoms with Gasteiger partial charge >= 0.3 is 0 Å². The van der Waals surface area contributed by atoms with Crippen LogP contribution < -0.4 is 5.32 Å². The van der Waals surface area contributed by atoms with Crippen molar-refractivity contribution in [1.82, 2.24) is 19.7 Å². The second-order valence-corrected chi connectivity index (χ2v) is 4.65. The summed E-state index contributed by atoms with van der Waals surface area (Å²) in [7, 11) is 0. The summed E-state index contributed by atoms with van der Waals surface area (Å²) in [6.07, 6.45) is 3.92. The van der Waals surface area contributed by atoms with Gasteiger partial charge < -0.3 is 9.88 Å². The SMILES string of the molecule is Cc1cn(Cc2cn[nH]c2C)c(NC(C)C)n1. The first-order valence-corrected chi connectivity index (χ1v) is 5.85. The number of hydrogen-bond donors (Lipinski definition) is 2. The van der Waals surface area contributed by atoms with Gasteiger partial charge in [0.15, 0.2) is 0 Å². The molecule has 0 aliphatic carbocycles. The second-order valence-electron chi connectivity index (χ2n) is 4.65. The molecule has 92 valence electrons. The van der Waals surface area contributed by atoms with Gasteiger partial charge in [-0.2, -0.15) is 5.10 Å². The quantitative estimate of drug-likeness (QED) is 0.850. The lowest BCUT2D eigenvalue weighted by molar-refractivity contribution is 0.770. The zero-order valence-corrected chi connectivity index (χ0v) is 10.8. The Bertz CT molecular complexity index is 495. The largest absolute Gasteiger partial charge is 0.353 e. The number of rotatable bonds is 4. The molecule has 0 radical (unpaired) electrons. The number of nitrogens with zero attached hydrogens (tertiary/aromatic N) is 3. The summed E-state index contributed by atoms with van der Waals surface area (Å²) in [6, 6.07) is 0.376. The number of aromatic amines is 1. The van der Waals surface area contributed by atoms with Crippen LogP contribution in [-0.2, 0) is 6.54 Å². The van der Waals surface area contributed by atoms with Gasteiger partial charge in [0.1, 0.15) is 0 Å². The highest BCUT2D eigenvalue weighted by Gasteiger charge is 2.09. The van der Waals surface area contributed by atoms with Gasteiger partial charge in [0, 0.05) is 23.5 Å². The van der Waals surface area contributed by atoms with Crippen LogP contribution in [-0.4, -0.2) is 25.8 Å². The predicted octanol–water partition coefficient (Wildman–Crippen LogP) is 2.09. The fourth-order valence-corrected chi connectivity index (χ4v) is 1.76. The number of anilines is 1. The third-order valence-electron chi connectivity index (χ3n) is 2.59. The van der Waals surface area contributed by atoms with E-state index in [4.69, 9.17) is 0 Å². The third-order valence-corrected chi connectivity index (χ3v) is 2.59. The maximum absolute atomic E-state index is 4.48. The minimum Gasteiger partial charge on any atom is -0.353 e. The Morgan fingerprint density at radius 2 is 2.18 bits per heavy atom. The summed E-state index contributed by atoms with van der Waals surface area (Å²) in [5.41, 5.74) is 3.32. The Kier molecular flexibility index (Phi) is 3.17. The van der Waals surface area contributed by atoms with Crippen molar-refractivity contribution in [2.24, 2.45) is 0 Å². The highest BCUT2D eigenvalue weighted by atomic mass is 15.2. The van der Waals surface area contributed by atoms with Crippen LogP contribution in [0.2, 0.25) is 0 Å². The van der Waals surface area contributed by atoms with Crippen molar-refractivity contribution < 1.29 is 0 Å². The Morgan fingerprint density at radius 1 is 1.41 bits per heavy atom. The zero-order chi connectivity index (χ0) is 12.4. The number of aromatic nitrogens is 4. The highest BCUT2D eigenvalue weighted by molar-refractivity contribution is 5.31. The average Bonchev–Trinajstić information content (AvgIpc) is 2.75. The molecule has 2 aromatic rings. The predicted molar refractivity (Wildman–Crippen MR) is 68.1 cm³/mol. The lowest BCUT2D eigenvalue weighted by atomic mass is 10.2. The first-order chi connectivity index (χ1) is 8.06. The Labute approximate surface area is 101 Å². The van der Waals surface area contributed by atoms with Crippen molar-refractivity contribution in [3.8, 4) is 0 Å². The van der Waals surface area contributed by atoms with Crippen LogP contribution in [0, 0.1) is 13.8 Å². The molecule has 0 amide bonds. The number of H-pyrrole nitrogens is 1. The molecule has 0 aromatic carbocycles. The molecule has 0 bridgehead atoms. The second kappa shape index (κ2) is 4.61. The molecule has 5 nitrogen and oxygen atoms in total. The van der Waals surface area contributed by atoms with E-state index in [1.807, 2.05) is 20.0 Å². The van der Waals surface area contributed by atoms with Crippen molar-refractivity contribution in [2.45, 2.75) is 40.3 Å². The van der Waals surface area contributed by atoms with E-state index in [2.05, 4.69) is 45.1 Å². The Balaban J connectivity index is 2.23. The van der Waals surface area contributed by atoms with Gasteiger partial charge in [0.05, 0.1) is 18.4 Å². The van der Waals surface area contributed by atoms with E-state index < -0.39 is 0 Å².